The van der Waals surface area contributed by atoms with E-state index >= 15 is 0 Å². The molecule has 4 heteroatoms. The molecule has 4 nitrogen and oxygen atoms in total. The van der Waals surface area contributed by atoms with Gasteiger partial charge in [0.15, 0.2) is 12.2 Å². The van der Waals surface area contributed by atoms with Gasteiger partial charge < -0.3 is 4.42 Å². The first kappa shape index (κ1) is 6.84. The molecule has 0 aliphatic rings. The summed E-state index contributed by atoms with van der Waals surface area (Å²) < 4.78 is 6.16. The maximum atomic E-state index is 11.2. The summed E-state index contributed by atoms with van der Waals surface area (Å²) in [7, 11) is 0. The molecule has 2 heterocycles. The zero-order valence-corrected chi connectivity index (χ0v) is 6.18. The second-order valence-corrected chi connectivity index (χ2v) is 2.26. The lowest BCUT2D eigenvalue weighted by molar-refractivity contribution is 0.557. The van der Waals surface area contributed by atoms with Crippen LogP contribution in [0, 0.1) is 0 Å². The second-order valence-electron chi connectivity index (χ2n) is 2.26. The van der Waals surface area contributed by atoms with Gasteiger partial charge in [0, 0.05) is 12.3 Å². The van der Waals surface area contributed by atoms with Gasteiger partial charge in [-0.25, -0.2) is 0 Å². The van der Waals surface area contributed by atoms with Crippen LogP contribution in [0.25, 0.3) is 5.82 Å². The molecular weight excluding hydrogens is 156 g/mol. The van der Waals surface area contributed by atoms with E-state index in [1.54, 1.807) is 18.3 Å². The maximum Gasteiger partial charge on any atom is 0.256 e. The van der Waals surface area contributed by atoms with Crippen molar-refractivity contribution in [2.75, 3.05) is 0 Å². The lowest BCUT2D eigenvalue weighted by atomic mass is 10.5. The Balaban J connectivity index is 2.63. The maximum absolute atomic E-state index is 11.2. The van der Waals surface area contributed by atoms with Gasteiger partial charge in [-0.15, -0.1) is 0 Å². The monoisotopic (exact) mass is 162 g/mol. The molecule has 0 radical (unpaired) electrons. The Kier molecular flexibility index (Phi) is 1.51. The van der Waals surface area contributed by atoms with Gasteiger partial charge in [-0.2, -0.15) is 4.98 Å². The fourth-order valence-electron chi connectivity index (χ4n) is 0.942. The van der Waals surface area contributed by atoms with E-state index in [-0.39, 0.29) is 5.56 Å². The number of rotatable bonds is 1. The number of pyridine rings is 1. The predicted octanol–water partition coefficient (Wildman–Crippen LogP) is 0.825. The number of aromatic nitrogens is 2. The molecule has 0 fully saturated rings. The Labute approximate surface area is 68.1 Å². The minimum atomic E-state index is -0.119. The van der Waals surface area contributed by atoms with Crippen molar-refractivity contribution in [3.63, 3.8) is 0 Å². The Morgan fingerprint density at radius 2 is 2.33 bits per heavy atom. The molecule has 0 aromatic carbocycles. The Morgan fingerprint density at radius 1 is 1.42 bits per heavy atom. The summed E-state index contributed by atoms with van der Waals surface area (Å²) in [6.45, 7) is 0. The number of hydrogen-bond donors (Lipinski definition) is 0. The summed E-state index contributed by atoms with van der Waals surface area (Å²) in [4.78, 5) is 15.0. The van der Waals surface area contributed by atoms with Gasteiger partial charge >= 0.3 is 0 Å². The molecule has 0 saturated heterocycles. The van der Waals surface area contributed by atoms with Gasteiger partial charge in [-0.1, -0.05) is 6.07 Å². The molecule has 0 amide bonds. The molecule has 12 heavy (non-hydrogen) atoms. The summed E-state index contributed by atoms with van der Waals surface area (Å²) >= 11 is 0. The quantitative estimate of drug-likeness (QED) is 0.623. The van der Waals surface area contributed by atoms with Gasteiger partial charge in [0.25, 0.3) is 5.56 Å². The third-order valence-corrected chi connectivity index (χ3v) is 1.49. The van der Waals surface area contributed by atoms with Crippen molar-refractivity contribution in [3.8, 4) is 5.82 Å². The lowest BCUT2D eigenvalue weighted by Gasteiger charge is -1.96. The van der Waals surface area contributed by atoms with Crippen LogP contribution in [-0.4, -0.2) is 9.55 Å². The molecule has 0 unspecified atom stereocenters. The summed E-state index contributed by atoms with van der Waals surface area (Å²) in [5.41, 5.74) is -0.119. The van der Waals surface area contributed by atoms with Crippen molar-refractivity contribution in [2.24, 2.45) is 0 Å². The molecule has 0 atom stereocenters. The van der Waals surface area contributed by atoms with E-state index in [9.17, 15) is 4.79 Å². The first-order chi connectivity index (χ1) is 5.88. The average Bonchev–Trinajstić information content (AvgIpc) is 2.57. The minimum absolute atomic E-state index is 0.119. The van der Waals surface area contributed by atoms with Crippen molar-refractivity contribution in [3.05, 3.63) is 47.4 Å². The number of oxazole rings is 1. The van der Waals surface area contributed by atoms with Crippen LogP contribution in [0.5, 0.6) is 0 Å². The van der Waals surface area contributed by atoms with Crippen LogP contribution in [0.15, 0.2) is 46.3 Å². The van der Waals surface area contributed by atoms with Crippen molar-refractivity contribution in [1.82, 2.24) is 9.55 Å². The molecule has 2 aromatic rings. The van der Waals surface area contributed by atoms with Gasteiger partial charge in [-0.3, -0.25) is 9.36 Å². The lowest BCUT2D eigenvalue weighted by Crippen LogP contribution is -2.15. The molecule has 0 N–H and O–H groups in total. The fraction of sp³-hybridized carbons (Fsp3) is 0. The summed E-state index contributed by atoms with van der Waals surface area (Å²) in [5.74, 6) is 0.501. The molecule has 60 valence electrons. The van der Waals surface area contributed by atoms with Crippen LogP contribution in [0.3, 0.4) is 0 Å². The van der Waals surface area contributed by atoms with E-state index in [2.05, 4.69) is 4.98 Å². The van der Waals surface area contributed by atoms with Crippen LogP contribution in [0.1, 0.15) is 0 Å². The summed E-state index contributed by atoms with van der Waals surface area (Å²) in [5, 5.41) is 0. The third-order valence-electron chi connectivity index (χ3n) is 1.49. The SMILES string of the molecule is O=c1ccccn1-c1cocn1. The Bertz CT molecular complexity index is 417. The van der Waals surface area contributed by atoms with Gasteiger partial charge in [0.2, 0.25) is 0 Å². The van der Waals surface area contributed by atoms with Crippen molar-refractivity contribution in [1.29, 1.82) is 0 Å². The van der Waals surface area contributed by atoms with Crippen LogP contribution in [0.2, 0.25) is 0 Å². The van der Waals surface area contributed by atoms with Gasteiger partial charge in [-0.05, 0) is 6.07 Å². The number of nitrogens with zero attached hydrogens (tertiary/aromatic N) is 2. The van der Waals surface area contributed by atoms with Gasteiger partial charge in [0.05, 0.1) is 0 Å². The highest BCUT2D eigenvalue weighted by atomic mass is 16.3. The van der Waals surface area contributed by atoms with E-state index < -0.39 is 0 Å². The molecule has 0 aliphatic heterocycles. The van der Waals surface area contributed by atoms with E-state index in [4.69, 9.17) is 4.42 Å². The van der Waals surface area contributed by atoms with Crippen molar-refractivity contribution >= 4 is 0 Å². The van der Waals surface area contributed by atoms with Crippen molar-refractivity contribution < 1.29 is 4.42 Å². The zero-order valence-electron chi connectivity index (χ0n) is 6.18. The highest BCUT2D eigenvalue weighted by Gasteiger charge is 1.98. The Hall–Kier alpha value is -1.84. The van der Waals surface area contributed by atoms with Crippen LogP contribution < -0.4 is 5.56 Å². The highest BCUT2D eigenvalue weighted by molar-refractivity contribution is 5.16. The molecule has 0 spiro atoms. The topological polar surface area (TPSA) is 48.0 Å². The zero-order chi connectivity index (χ0) is 8.39. The highest BCUT2D eigenvalue weighted by Crippen LogP contribution is 1.98. The average molecular weight is 162 g/mol. The smallest absolute Gasteiger partial charge is 0.256 e. The second kappa shape index (κ2) is 2.65. The first-order valence-corrected chi connectivity index (χ1v) is 3.44. The summed E-state index contributed by atoms with van der Waals surface area (Å²) in [6.07, 6.45) is 4.34. The minimum Gasteiger partial charge on any atom is -0.449 e. The van der Waals surface area contributed by atoms with E-state index in [0.29, 0.717) is 5.82 Å². The van der Waals surface area contributed by atoms with Crippen LogP contribution in [-0.2, 0) is 0 Å². The number of hydrogen-bond acceptors (Lipinski definition) is 3. The molecule has 0 bridgehead atoms. The molecule has 2 rings (SSSR count). The van der Waals surface area contributed by atoms with E-state index in [1.165, 1.54) is 23.3 Å². The fourth-order valence-corrected chi connectivity index (χ4v) is 0.942. The van der Waals surface area contributed by atoms with Crippen LogP contribution >= 0.6 is 0 Å². The van der Waals surface area contributed by atoms with Gasteiger partial charge in [0.1, 0.15) is 6.26 Å². The van der Waals surface area contributed by atoms with Crippen LogP contribution in [0.4, 0.5) is 0 Å². The third kappa shape index (κ3) is 1.03. The molecule has 0 saturated carbocycles. The predicted molar refractivity (Wildman–Crippen MR) is 42.1 cm³/mol. The van der Waals surface area contributed by atoms with Crippen molar-refractivity contribution in [2.45, 2.75) is 0 Å². The largest absolute Gasteiger partial charge is 0.449 e. The standard InChI is InChI=1S/C8H6N2O2/c11-8-3-1-2-4-10(8)7-5-12-6-9-7/h1-6H. The van der Waals surface area contributed by atoms with E-state index in [1.807, 2.05) is 0 Å². The van der Waals surface area contributed by atoms with E-state index in [0.717, 1.165) is 0 Å². The molecule has 0 aliphatic carbocycles. The Morgan fingerprint density at radius 3 is 3.00 bits per heavy atom. The molecular formula is C8H6N2O2. The summed E-state index contributed by atoms with van der Waals surface area (Å²) in [6, 6.07) is 4.91. The first-order valence-electron chi connectivity index (χ1n) is 3.44. The molecule has 2 aromatic heterocycles. The normalized spacial score (nSPS) is 10.0.